The van der Waals surface area contributed by atoms with E-state index in [0.717, 1.165) is 51.4 Å². The summed E-state index contributed by atoms with van der Waals surface area (Å²) in [5.74, 6) is 2.11. The smallest absolute Gasteiger partial charge is 0.137 e. The van der Waals surface area contributed by atoms with E-state index in [9.17, 15) is 0 Å². The Hall–Kier alpha value is -1.98. The van der Waals surface area contributed by atoms with Crippen LogP contribution in [-0.2, 0) is 11.2 Å². The molecule has 4 rings (SSSR count). The quantitative estimate of drug-likeness (QED) is 0.617. The van der Waals surface area contributed by atoms with Gasteiger partial charge in [-0.25, -0.2) is 0 Å². The number of pyridine rings is 2. The number of nitrogens with one attached hydrogen (secondary N) is 1. The largest absolute Gasteiger partial charge is 0.490 e. The first-order chi connectivity index (χ1) is 13.4. The van der Waals surface area contributed by atoms with Gasteiger partial charge in [-0.05, 0) is 79.8 Å². The second kappa shape index (κ2) is 9.29. The van der Waals surface area contributed by atoms with Crippen LogP contribution in [0.3, 0.4) is 0 Å². The molecule has 0 amide bonds. The predicted molar refractivity (Wildman–Crippen MR) is 105 cm³/mol. The van der Waals surface area contributed by atoms with Crippen molar-refractivity contribution in [1.29, 1.82) is 0 Å². The van der Waals surface area contributed by atoms with Crippen LogP contribution in [0.15, 0.2) is 43.0 Å². The molecule has 2 aliphatic rings. The van der Waals surface area contributed by atoms with Crippen LogP contribution < -0.4 is 10.1 Å². The molecule has 3 atom stereocenters. The molecule has 5 nitrogen and oxygen atoms in total. The van der Waals surface area contributed by atoms with E-state index in [0.29, 0.717) is 17.9 Å². The van der Waals surface area contributed by atoms with Gasteiger partial charge < -0.3 is 14.8 Å². The molecule has 1 saturated heterocycles. The molecular weight excluding hydrogens is 338 g/mol. The summed E-state index contributed by atoms with van der Waals surface area (Å²) in [5.41, 5.74) is 2.65. The van der Waals surface area contributed by atoms with Gasteiger partial charge in [0, 0.05) is 37.8 Å². The van der Waals surface area contributed by atoms with Gasteiger partial charge in [-0.1, -0.05) is 0 Å². The number of ether oxygens (including phenoxy) is 2. The maximum absolute atomic E-state index is 5.91. The van der Waals surface area contributed by atoms with Crippen LogP contribution in [0.1, 0.15) is 42.7 Å². The number of hydrogen-bond donors (Lipinski definition) is 1. The van der Waals surface area contributed by atoms with Crippen molar-refractivity contribution >= 4 is 0 Å². The average Bonchev–Trinajstić information content (AvgIpc) is 3.44. The first-order valence-corrected chi connectivity index (χ1v) is 10.2. The molecule has 3 heterocycles. The lowest BCUT2D eigenvalue weighted by molar-refractivity contribution is 0.119. The zero-order valence-corrected chi connectivity index (χ0v) is 15.8. The van der Waals surface area contributed by atoms with Gasteiger partial charge in [0.2, 0.25) is 0 Å². The molecule has 0 unspecified atom stereocenters. The maximum atomic E-state index is 5.91. The molecule has 2 fully saturated rings. The van der Waals surface area contributed by atoms with Gasteiger partial charge in [-0.2, -0.15) is 0 Å². The SMILES string of the molecule is c1cc(CCCCOC[C@@H]2C[C@@H]2c2cncc(OC[C@@H]3CCN3)c2)ccn1. The third-order valence-corrected chi connectivity index (χ3v) is 5.55. The minimum Gasteiger partial charge on any atom is -0.490 e. The highest BCUT2D eigenvalue weighted by Crippen LogP contribution is 2.47. The van der Waals surface area contributed by atoms with Gasteiger partial charge in [0.25, 0.3) is 0 Å². The molecule has 1 N–H and O–H groups in total. The van der Waals surface area contributed by atoms with Crippen LogP contribution >= 0.6 is 0 Å². The second-order valence-corrected chi connectivity index (χ2v) is 7.69. The fraction of sp³-hybridized carbons (Fsp3) is 0.545. The number of hydrogen-bond acceptors (Lipinski definition) is 5. The van der Waals surface area contributed by atoms with Crippen LogP contribution in [0.4, 0.5) is 0 Å². The number of nitrogens with zero attached hydrogens (tertiary/aromatic N) is 2. The number of rotatable bonds is 11. The van der Waals surface area contributed by atoms with E-state index >= 15 is 0 Å². The first-order valence-electron chi connectivity index (χ1n) is 10.2. The molecule has 0 spiro atoms. The molecule has 2 aromatic heterocycles. The summed E-state index contributed by atoms with van der Waals surface area (Å²) in [7, 11) is 0. The molecule has 1 aliphatic carbocycles. The Morgan fingerprint density at radius 1 is 1.07 bits per heavy atom. The Balaban J connectivity index is 1.10. The van der Waals surface area contributed by atoms with Crippen molar-refractivity contribution < 1.29 is 9.47 Å². The minimum absolute atomic E-state index is 0.509. The Morgan fingerprint density at radius 2 is 1.96 bits per heavy atom. The van der Waals surface area contributed by atoms with Crippen LogP contribution in [0.5, 0.6) is 5.75 Å². The lowest BCUT2D eigenvalue weighted by Gasteiger charge is -2.27. The van der Waals surface area contributed by atoms with Gasteiger partial charge in [0.05, 0.1) is 6.20 Å². The van der Waals surface area contributed by atoms with E-state index in [4.69, 9.17) is 9.47 Å². The van der Waals surface area contributed by atoms with Crippen molar-refractivity contribution in [3.63, 3.8) is 0 Å². The van der Waals surface area contributed by atoms with Crippen molar-refractivity contribution in [2.75, 3.05) is 26.4 Å². The Labute approximate surface area is 161 Å². The highest BCUT2D eigenvalue weighted by molar-refractivity contribution is 5.30. The van der Waals surface area contributed by atoms with Crippen molar-refractivity contribution in [2.24, 2.45) is 5.92 Å². The lowest BCUT2D eigenvalue weighted by atomic mass is 10.1. The number of aryl methyl sites for hydroxylation is 1. The summed E-state index contributed by atoms with van der Waals surface area (Å²) >= 11 is 0. The molecule has 0 bridgehead atoms. The minimum atomic E-state index is 0.509. The zero-order valence-electron chi connectivity index (χ0n) is 15.8. The van der Waals surface area contributed by atoms with E-state index in [2.05, 4.69) is 33.5 Å². The van der Waals surface area contributed by atoms with Crippen molar-refractivity contribution in [3.8, 4) is 5.75 Å². The Bertz CT molecular complexity index is 706. The van der Waals surface area contributed by atoms with E-state index in [1.54, 1.807) is 0 Å². The summed E-state index contributed by atoms with van der Waals surface area (Å²) in [6.45, 7) is 3.56. The summed E-state index contributed by atoms with van der Waals surface area (Å²) in [6, 6.07) is 6.84. The molecule has 144 valence electrons. The fourth-order valence-corrected chi connectivity index (χ4v) is 3.56. The molecule has 2 aromatic rings. The lowest BCUT2D eigenvalue weighted by Crippen LogP contribution is -2.46. The molecule has 0 aromatic carbocycles. The van der Waals surface area contributed by atoms with Crippen molar-refractivity contribution in [2.45, 2.75) is 44.1 Å². The van der Waals surface area contributed by atoms with Gasteiger partial charge in [-0.15, -0.1) is 0 Å². The van der Waals surface area contributed by atoms with Crippen LogP contribution in [-0.4, -0.2) is 42.4 Å². The topological polar surface area (TPSA) is 56.3 Å². The molecular formula is C22H29N3O2. The summed E-state index contributed by atoms with van der Waals surface area (Å²) in [6.07, 6.45) is 13.3. The van der Waals surface area contributed by atoms with Gasteiger partial charge in [0.15, 0.2) is 0 Å². The van der Waals surface area contributed by atoms with Crippen LogP contribution in [0.2, 0.25) is 0 Å². The molecule has 1 aliphatic heterocycles. The second-order valence-electron chi connectivity index (χ2n) is 7.69. The fourth-order valence-electron chi connectivity index (χ4n) is 3.56. The monoisotopic (exact) mass is 367 g/mol. The molecule has 27 heavy (non-hydrogen) atoms. The van der Waals surface area contributed by atoms with E-state index in [1.807, 2.05) is 24.8 Å². The predicted octanol–water partition coefficient (Wildman–Crippen LogP) is 3.36. The number of unbranched alkanes of at least 4 members (excludes halogenated alkanes) is 1. The van der Waals surface area contributed by atoms with Crippen molar-refractivity contribution in [1.82, 2.24) is 15.3 Å². The van der Waals surface area contributed by atoms with E-state index in [1.165, 1.54) is 24.0 Å². The third-order valence-electron chi connectivity index (χ3n) is 5.55. The normalized spacial score (nSPS) is 23.6. The zero-order chi connectivity index (χ0) is 18.3. The van der Waals surface area contributed by atoms with E-state index < -0.39 is 0 Å². The molecule has 5 heteroatoms. The third kappa shape index (κ3) is 5.50. The maximum Gasteiger partial charge on any atom is 0.137 e. The van der Waals surface area contributed by atoms with Gasteiger partial charge in [-0.3, -0.25) is 9.97 Å². The average molecular weight is 367 g/mol. The van der Waals surface area contributed by atoms with Crippen LogP contribution in [0, 0.1) is 5.92 Å². The standard InChI is InChI=1S/C22H29N3O2/c1(3-17-4-7-23-8-5-17)2-10-26-15-19-12-22(19)18-11-21(14-24-13-18)27-16-20-6-9-25-20/h4-5,7-8,11,13-14,19-20,22,25H,1-3,6,9-10,12,15-16H2/t19-,20-,22+/m0/s1. The molecule has 1 saturated carbocycles. The summed E-state index contributed by atoms with van der Waals surface area (Å²) < 4.78 is 11.8. The Kier molecular flexibility index (Phi) is 6.32. The van der Waals surface area contributed by atoms with E-state index in [-0.39, 0.29) is 0 Å². The van der Waals surface area contributed by atoms with Gasteiger partial charge >= 0.3 is 0 Å². The first kappa shape index (κ1) is 18.4. The van der Waals surface area contributed by atoms with Crippen LogP contribution in [0.25, 0.3) is 0 Å². The number of aromatic nitrogens is 2. The highest BCUT2D eigenvalue weighted by atomic mass is 16.5. The summed E-state index contributed by atoms with van der Waals surface area (Å²) in [5, 5.41) is 3.35. The highest BCUT2D eigenvalue weighted by Gasteiger charge is 2.38. The van der Waals surface area contributed by atoms with Crippen molar-refractivity contribution in [3.05, 3.63) is 54.1 Å². The Morgan fingerprint density at radius 3 is 2.78 bits per heavy atom. The molecule has 0 radical (unpaired) electrons. The van der Waals surface area contributed by atoms with Gasteiger partial charge in [0.1, 0.15) is 12.4 Å². The summed E-state index contributed by atoms with van der Waals surface area (Å²) in [4.78, 5) is 8.41.